The molecule has 0 aliphatic rings. The lowest BCUT2D eigenvalue weighted by Crippen LogP contribution is -2.17. The fourth-order valence-corrected chi connectivity index (χ4v) is 1.23. The van der Waals surface area contributed by atoms with E-state index in [-0.39, 0.29) is 0 Å². The topological polar surface area (TPSA) is 47.3 Å². The maximum absolute atomic E-state index is 5.49. The van der Waals surface area contributed by atoms with Gasteiger partial charge in [-0.25, -0.2) is 4.98 Å². The van der Waals surface area contributed by atoms with Crippen LogP contribution in [0.4, 0.5) is 0 Å². The van der Waals surface area contributed by atoms with E-state index in [1.807, 2.05) is 6.92 Å². The van der Waals surface area contributed by atoms with Crippen LogP contribution in [0.15, 0.2) is 10.6 Å². The second-order valence-electron chi connectivity index (χ2n) is 3.36. The summed E-state index contributed by atoms with van der Waals surface area (Å²) >= 11 is 0. The largest absolute Gasteiger partial charge is 0.443 e. The third kappa shape index (κ3) is 4.95. The number of hydrogen-bond acceptors (Lipinski definition) is 4. The standard InChI is InChI=1S/C11H20N2O2/c1-3-6-12-7-5-11-13-8-10(15-11)9-14-4-2/h8,12H,3-7,9H2,1-2H3. The molecule has 1 N–H and O–H groups in total. The summed E-state index contributed by atoms with van der Waals surface area (Å²) in [4.78, 5) is 4.18. The monoisotopic (exact) mass is 212 g/mol. The van der Waals surface area contributed by atoms with Gasteiger partial charge in [0.15, 0.2) is 5.89 Å². The van der Waals surface area contributed by atoms with Crippen LogP contribution in [0.2, 0.25) is 0 Å². The second-order valence-corrected chi connectivity index (χ2v) is 3.36. The van der Waals surface area contributed by atoms with E-state index in [4.69, 9.17) is 9.15 Å². The minimum absolute atomic E-state index is 0.520. The predicted molar refractivity (Wildman–Crippen MR) is 58.7 cm³/mol. The number of hydrogen-bond donors (Lipinski definition) is 1. The number of rotatable bonds is 8. The first kappa shape index (κ1) is 12.2. The molecular formula is C11H20N2O2. The van der Waals surface area contributed by atoms with E-state index in [1.165, 1.54) is 0 Å². The van der Waals surface area contributed by atoms with Crippen LogP contribution in [0.1, 0.15) is 31.9 Å². The van der Waals surface area contributed by atoms with E-state index in [2.05, 4.69) is 17.2 Å². The summed E-state index contributed by atoms with van der Waals surface area (Å²) in [5, 5.41) is 3.30. The normalized spacial score (nSPS) is 10.8. The highest BCUT2D eigenvalue weighted by Gasteiger charge is 2.02. The van der Waals surface area contributed by atoms with Crippen molar-refractivity contribution in [1.29, 1.82) is 0 Å². The zero-order chi connectivity index (χ0) is 10.9. The van der Waals surface area contributed by atoms with Gasteiger partial charge in [0.25, 0.3) is 0 Å². The summed E-state index contributed by atoms with van der Waals surface area (Å²) in [7, 11) is 0. The van der Waals surface area contributed by atoms with E-state index >= 15 is 0 Å². The molecule has 0 unspecified atom stereocenters. The molecule has 0 bridgehead atoms. The Hall–Kier alpha value is -0.870. The third-order valence-corrected chi connectivity index (χ3v) is 1.99. The number of oxazole rings is 1. The zero-order valence-electron chi connectivity index (χ0n) is 9.58. The number of aromatic nitrogens is 1. The predicted octanol–water partition coefficient (Wildman–Crippen LogP) is 1.75. The van der Waals surface area contributed by atoms with Crippen molar-refractivity contribution in [3.05, 3.63) is 17.8 Å². The van der Waals surface area contributed by atoms with Gasteiger partial charge in [-0.15, -0.1) is 0 Å². The van der Waals surface area contributed by atoms with Crippen molar-refractivity contribution in [2.45, 2.75) is 33.3 Å². The molecule has 4 nitrogen and oxygen atoms in total. The molecule has 1 aromatic heterocycles. The summed E-state index contributed by atoms with van der Waals surface area (Å²) in [6, 6.07) is 0. The minimum Gasteiger partial charge on any atom is -0.443 e. The van der Waals surface area contributed by atoms with Gasteiger partial charge < -0.3 is 14.5 Å². The van der Waals surface area contributed by atoms with Gasteiger partial charge in [-0.1, -0.05) is 6.92 Å². The van der Waals surface area contributed by atoms with Gasteiger partial charge in [0, 0.05) is 19.6 Å². The summed E-state index contributed by atoms with van der Waals surface area (Å²) in [5.41, 5.74) is 0. The lowest BCUT2D eigenvalue weighted by atomic mass is 10.4. The number of nitrogens with zero attached hydrogens (tertiary/aromatic N) is 1. The molecule has 0 aromatic carbocycles. The highest BCUT2D eigenvalue weighted by atomic mass is 16.5. The molecular weight excluding hydrogens is 192 g/mol. The van der Waals surface area contributed by atoms with Gasteiger partial charge in [0.05, 0.1) is 6.20 Å². The van der Waals surface area contributed by atoms with Gasteiger partial charge in [0.1, 0.15) is 12.4 Å². The molecule has 0 aliphatic carbocycles. The molecule has 0 radical (unpaired) electrons. The van der Waals surface area contributed by atoms with Crippen molar-refractivity contribution in [2.24, 2.45) is 0 Å². The van der Waals surface area contributed by atoms with E-state index < -0.39 is 0 Å². The molecule has 0 saturated heterocycles. The molecule has 0 aliphatic heterocycles. The summed E-state index contributed by atoms with van der Waals surface area (Å²) < 4.78 is 10.7. The average Bonchev–Trinajstić information content (AvgIpc) is 2.69. The Kier molecular flexibility index (Phi) is 6.04. The lowest BCUT2D eigenvalue weighted by molar-refractivity contribution is 0.117. The Morgan fingerprint density at radius 2 is 2.27 bits per heavy atom. The second kappa shape index (κ2) is 7.43. The lowest BCUT2D eigenvalue weighted by Gasteiger charge is -1.99. The van der Waals surface area contributed by atoms with Crippen LogP contribution in [0.3, 0.4) is 0 Å². The maximum Gasteiger partial charge on any atom is 0.195 e. The fourth-order valence-electron chi connectivity index (χ4n) is 1.23. The smallest absolute Gasteiger partial charge is 0.195 e. The Bertz CT molecular complexity index is 261. The first-order valence-corrected chi connectivity index (χ1v) is 5.58. The number of ether oxygens (including phenoxy) is 1. The molecule has 4 heteroatoms. The van der Waals surface area contributed by atoms with Crippen LogP contribution < -0.4 is 5.32 Å². The van der Waals surface area contributed by atoms with Gasteiger partial charge in [-0.05, 0) is 19.9 Å². The van der Waals surface area contributed by atoms with Crippen LogP contribution in [0.5, 0.6) is 0 Å². The highest BCUT2D eigenvalue weighted by Crippen LogP contribution is 2.05. The quantitative estimate of drug-likeness (QED) is 0.667. The molecule has 1 aromatic rings. The van der Waals surface area contributed by atoms with Crippen molar-refractivity contribution < 1.29 is 9.15 Å². The van der Waals surface area contributed by atoms with Crippen LogP contribution in [-0.4, -0.2) is 24.7 Å². The van der Waals surface area contributed by atoms with Crippen LogP contribution >= 0.6 is 0 Å². The SMILES string of the molecule is CCCNCCc1ncc(COCC)o1. The van der Waals surface area contributed by atoms with Crippen molar-refractivity contribution in [2.75, 3.05) is 19.7 Å². The van der Waals surface area contributed by atoms with Gasteiger partial charge >= 0.3 is 0 Å². The van der Waals surface area contributed by atoms with Crippen LogP contribution in [0.25, 0.3) is 0 Å². The molecule has 0 fully saturated rings. The summed E-state index contributed by atoms with van der Waals surface area (Å²) in [6.45, 7) is 7.30. The average molecular weight is 212 g/mol. The maximum atomic E-state index is 5.49. The van der Waals surface area contributed by atoms with E-state index in [1.54, 1.807) is 6.20 Å². The molecule has 0 saturated carbocycles. The molecule has 0 spiro atoms. The minimum atomic E-state index is 0.520. The van der Waals surface area contributed by atoms with Crippen molar-refractivity contribution >= 4 is 0 Å². The third-order valence-electron chi connectivity index (χ3n) is 1.99. The molecule has 1 heterocycles. The van der Waals surface area contributed by atoms with Crippen molar-refractivity contribution in [1.82, 2.24) is 10.3 Å². The molecule has 1 rings (SSSR count). The van der Waals surface area contributed by atoms with Crippen molar-refractivity contribution in [3.63, 3.8) is 0 Å². The number of nitrogens with one attached hydrogen (secondary N) is 1. The van der Waals surface area contributed by atoms with Gasteiger partial charge in [-0.3, -0.25) is 0 Å². The highest BCUT2D eigenvalue weighted by molar-refractivity contribution is 4.92. The molecule has 0 amide bonds. The summed E-state index contributed by atoms with van der Waals surface area (Å²) in [5.74, 6) is 1.59. The molecule has 15 heavy (non-hydrogen) atoms. The van der Waals surface area contributed by atoms with E-state index in [0.717, 1.165) is 37.6 Å². The van der Waals surface area contributed by atoms with Crippen LogP contribution in [-0.2, 0) is 17.8 Å². The van der Waals surface area contributed by atoms with E-state index in [9.17, 15) is 0 Å². The fraction of sp³-hybridized carbons (Fsp3) is 0.727. The zero-order valence-corrected chi connectivity index (χ0v) is 9.58. The van der Waals surface area contributed by atoms with E-state index in [0.29, 0.717) is 13.2 Å². The Labute approximate surface area is 91.0 Å². The molecule has 86 valence electrons. The Balaban J connectivity index is 2.20. The Morgan fingerprint density at radius 3 is 3.00 bits per heavy atom. The van der Waals surface area contributed by atoms with Gasteiger partial charge in [0.2, 0.25) is 0 Å². The molecule has 0 atom stereocenters. The first-order valence-electron chi connectivity index (χ1n) is 5.58. The van der Waals surface area contributed by atoms with Crippen LogP contribution in [0, 0.1) is 0 Å². The summed E-state index contributed by atoms with van der Waals surface area (Å²) in [6.07, 6.45) is 3.73. The first-order chi connectivity index (χ1) is 7.36. The van der Waals surface area contributed by atoms with Gasteiger partial charge in [-0.2, -0.15) is 0 Å². The van der Waals surface area contributed by atoms with Crippen molar-refractivity contribution in [3.8, 4) is 0 Å². The Morgan fingerprint density at radius 1 is 1.40 bits per heavy atom.